The zero-order chi connectivity index (χ0) is 35.0. The lowest BCUT2D eigenvalue weighted by molar-refractivity contribution is -0.164. The van der Waals surface area contributed by atoms with Gasteiger partial charge >= 0.3 is 0 Å². The Morgan fingerprint density at radius 1 is 0.700 bits per heavy atom. The summed E-state index contributed by atoms with van der Waals surface area (Å²) in [5.41, 5.74) is 0.477. The number of Topliss-reactive ketones (excluding diaryl/α,β-unsaturated/α-hetero) is 2. The number of carbonyl (C=O) groups is 2. The van der Waals surface area contributed by atoms with Gasteiger partial charge in [0, 0.05) is 18.3 Å². The molecule has 0 amide bonds. The Hall–Kier alpha value is -0.700. The molecule has 0 heterocycles. The van der Waals surface area contributed by atoms with Crippen LogP contribution < -0.4 is 0 Å². The molecule has 0 aromatic heterocycles. The van der Waals surface area contributed by atoms with Gasteiger partial charge < -0.3 is 5.11 Å². The minimum absolute atomic E-state index is 0.210. The Morgan fingerprint density at radius 3 is 2.16 bits per heavy atom. The molecule has 11 aliphatic rings. The quantitative estimate of drug-likeness (QED) is 0.321. The van der Waals surface area contributed by atoms with Gasteiger partial charge in [0.1, 0.15) is 11.6 Å². The van der Waals surface area contributed by atoms with E-state index in [-0.39, 0.29) is 22.2 Å². The van der Waals surface area contributed by atoms with E-state index in [4.69, 9.17) is 0 Å². The highest BCUT2D eigenvalue weighted by Gasteiger charge is 2.64. The first-order valence-corrected chi connectivity index (χ1v) is 22.4. The van der Waals surface area contributed by atoms with E-state index in [0.717, 1.165) is 67.1 Å². The first-order valence-electron chi connectivity index (χ1n) is 22.4. The van der Waals surface area contributed by atoms with Crippen molar-refractivity contribution in [3.05, 3.63) is 0 Å². The number of hydrogen-bond donors (Lipinski definition) is 1. The van der Waals surface area contributed by atoms with E-state index in [0.29, 0.717) is 46.6 Å². The maximum absolute atomic E-state index is 14.4. The van der Waals surface area contributed by atoms with E-state index in [9.17, 15) is 14.7 Å². The van der Waals surface area contributed by atoms with Crippen molar-refractivity contribution in [2.45, 2.75) is 182 Å². The molecule has 3 heteroatoms. The summed E-state index contributed by atoms with van der Waals surface area (Å²) in [5.74, 6) is 10.2. The molecule has 1 N–H and O–H groups in total. The zero-order valence-corrected chi connectivity index (χ0v) is 33.1. The van der Waals surface area contributed by atoms with Gasteiger partial charge in [0.2, 0.25) is 0 Å². The highest BCUT2D eigenvalue weighted by atomic mass is 16.3. The highest BCUT2D eigenvalue weighted by molar-refractivity contribution is 5.82. The van der Waals surface area contributed by atoms with Crippen LogP contribution in [0.5, 0.6) is 0 Å². The van der Waals surface area contributed by atoms with Crippen LogP contribution in [0.15, 0.2) is 0 Å². The molecule has 280 valence electrons. The van der Waals surface area contributed by atoms with Crippen molar-refractivity contribution in [2.24, 2.45) is 98.6 Å². The van der Waals surface area contributed by atoms with Gasteiger partial charge in [-0.25, -0.2) is 0 Å². The first kappa shape index (κ1) is 35.0. The number of rotatable bonds is 3. The minimum Gasteiger partial charge on any atom is -0.390 e. The summed E-state index contributed by atoms with van der Waals surface area (Å²) in [6.07, 6.45) is 26.3. The maximum Gasteiger partial charge on any atom is 0.136 e. The fourth-order valence-corrected chi connectivity index (χ4v) is 18.6. The third-order valence-electron chi connectivity index (χ3n) is 20.5. The largest absolute Gasteiger partial charge is 0.390 e. The Balaban J connectivity index is 1.05. The summed E-state index contributed by atoms with van der Waals surface area (Å²) in [6.45, 7) is 14.3. The van der Waals surface area contributed by atoms with Gasteiger partial charge in [-0.05, 0) is 229 Å². The summed E-state index contributed by atoms with van der Waals surface area (Å²) in [6, 6.07) is 0. The van der Waals surface area contributed by atoms with Crippen LogP contribution in [-0.4, -0.2) is 22.3 Å². The number of carbonyl (C=O) groups excluding carboxylic acids is 2. The van der Waals surface area contributed by atoms with Crippen LogP contribution in [0.25, 0.3) is 0 Å². The molecule has 0 unspecified atom stereocenters. The normalized spacial score (nSPS) is 58.7. The molecule has 11 fully saturated rings. The van der Waals surface area contributed by atoms with E-state index >= 15 is 0 Å². The molecular weight excluding hydrogens is 613 g/mol. The van der Waals surface area contributed by atoms with Crippen molar-refractivity contribution >= 4 is 11.6 Å². The third-order valence-corrected chi connectivity index (χ3v) is 20.5. The number of ketones is 2. The molecule has 50 heavy (non-hydrogen) atoms. The van der Waals surface area contributed by atoms with Gasteiger partial charge in [-0.3, -0.25) is 9.59 Å². The fourth-order valence-electron chi connectivity index (χ4n) is 18.6. The molecule has 0 aromatic rings. The van der Waals surface area contributed by atoms with Crippen LogP contribution >= 0.6 is 0 Å². The molecule has 3 nitrogen and oxygen atoms in total. The van der Waals surface area contributed by atoms with Gasteiger partial charge in [0.05, 0.1) is 5.60 Å². The lowest BCUT2D eigenvalue weighted by Gasteiger charge is -2.63. The SMILES string of the molecule is CC(=O)[C@H]1CC[C@H]2[C@@H]3CC[C@]4(C[C@H]5C[C@@H](C)CC(=O)[C@H]6CC[C@H]7[C@@H]8CC[C@@H]9C[C@@]5(C)CC[C@@H]9[C@H]8CC[C@]67C)C[C@](C)(O)CC[C@@H]4[C@H]3CC[C@]12C. The minimum atomic E-state index is -0.562. The molecule has 11 aliphatic carbocycles. The second kappa shape index (κ2) is 11.9. The lowest BCUT2D eigenvalue weighted by Crippen LogP contribution is -2.57. The van der Waals surface area contributed by atoms with Crippen molar-refractivity contribution in [2.75, 3.05) is 0 Å². The number of hydrogen-bond acceptors (Lipinski definition) is 3. The van der Waals surface area contributed by atoms with E-state index in [1.54, 1.807) is 0 Å². The Morgan fingerprint density at radius 2 is 1.36 bits per heavy atom. The fraction of sp³-hybridized carbons (Fsp3) is 0.957. The molecule has 0 spiro atoms. The number of fused-ring (bicyclic) bond motifs is 7. The summed E-state index contributed by atoms with van der Waals surface area (Å²) in [4.78, 5) is 27.2. The van der Waals surface area contributed by atoms with E-state index in [2.05, 4.69) is 34.6 Å². The third kappa shape index (κ3) is 5.15. The zero-order valence-electron chi connectivity index (χ0n) is 33.1. The van der Waals surface area contributed by atoms with Gasteiger partial charge in [0.25, 0.3) is 0 Å². The van der Waals surface area contributed by atoms with Crippen LogP contribution in [0, 0.1) is 98.6 Å². The van der Waals surface area contributed by atoms with Crippen LogP contribution in [0.3, 0.4) is 0 Å². The Labute approximate surface area is 306 Å². The van der Waals surface area contributed by atoms with E-state index in [1.165, 1.54) is 109 Å². The van der Waals surface area contributed by atoms with Crippen molar-refractivity contribution < 1.29 is 14.7 Å². The molecule has 8 bridgehead atoms. The predicted molar refractivity (Wildman–Crippen MR) is 201 cm³/mol. The smallest absolute Gasteiger partial charge is 0.136 e. The lowest BCUT2D eigenvalue weighted by atomic mass is 9.42. The molecule has 0 aliphatic heterocycles. The summed E-state index contributed by atoms with van der Waals surface area (Å²) >= 11 is 0. The second-order valence-corrected chi connectivity index (χ2v) is 22.9. The van der Waals surface area contributed by atoms with Crippen molar-refractivity contribution in [1.82, 2.24) is 0 Å². The summed E-state index contributed by atoms with van der Waals surface area (Å²) in [7, 11) is 0. The van der Waals surface area contributed by atoms with Gasteiger partial charge in [-0.2, -0.15) is 0 Å². The van der Waals surface area contributed by atoms with Crippen LogP contribution in [-0.2, 0) is 9.59 Å². The molecule has 11 saturated carbocycles. The predicted octanol–water partition coefficient (Wildman–Crippen LogP) is 11.2. The Kier molecular flexibility index (Phi) is 8.34. The second-order valence-electron chi connectivity index (χ2n) is 22.9. The van der Waals surface area contributed by atoms with Gasteiger partial charge in [-0.1, -0.05) is 27.7 Å². The van der Waals surface area contributed by atoms with Gasteiger partial charge in [0.15, 0.2) is 0 Å². The molecule has 0 aromatic carbocycles. The monoisotopic (exact) mass is 687 g/mol. The molecular formula is C47H74O3. The van der Waals surface area contributed by atoms with Crippen LogP contribution in [0.4, 0.5) is 0 Å². The molecule has 0 radical (unpaired) electrons. The summed E-state index contributed by atoms with van der Waals surface area (Å²) < 4.78 is 0. The van der Waals surface area contributed by atoms with Crippen LogP contribution in [0.1, 0.15) is 176 Å². The number of aliphatic hydroxyl groups is 1. The average molecular weight is 687 g/mol. The van der Waals surface area contributed by atoms with Crippen molar-refractivity contribution in [3.63, 3.8) is 0 Å². The highest BCUT2D eigenvalue weighted by Crippen LogP contribution is 2.71. The standard InChI is InChI=1S/C47H74O3/c1-28-23-31(43(3)18-13-32-30(25-43)7-8-34-33(32)14-20-46(6)38(34)11-12-41(46)42(49)24-28)26-47-22-16-35-36(40(47)17-19-44(4,50)27-47)15-21-45(5)37(29(2)48)9-10-39(35)45/h28,30-41,50H,7-27H2,1-6H3/t28-,30-,31-,32+,33-,34-,35-,36+,37-,38+,39+,40-,41-,43-,44-,45-,46+,47+/m1/s1. The average Bonchev–Trinajstić information content (AvgIpc) is 3.60. The van der Waals surface area contributed by atoms with Crippen molar-refractivity contribution in [1.29, 1.82) is 0 Å². The Bertz CT molecular complexity index is 1370. The van der Waals surface area contributed by atoms with Crippen molar-refractivity contribution in [3.8, 4) is 0 Å². The molecule has 18 atom stereocenters. The molecule has 0 saturated heterocycles. The van der Waals surface area contributed by atoms with Crippen LogP contribution in [0.2, 0.25) is 0 Å². The first-order chi connectivity index (χ1) is 23.7. The van der Waals surface area contributed by atoms with E-state index in [1.807, 2.05) is 6.92 Å². The van der Waals surface area contributed by atoms with E-state index < -0.39 is 5.60 Å². The van der Waals surface area contributed by atoms with Gasteiger partial charge in [-0.15, -0.1) is 0 Å². The molecule has 11 rings (SSSR count). The topological polar surface area (TPSA) is 54.4 Å². The summed E-state index contributed by atoms with van der Waals surface area (Å²) in [5, 5.41) is 11.9. The maximum atomic E-state index is 14.4.